The predicted octanol–water partition coefficient (Wildman–Crippen LogP) is 4.68. The third-order valence-corrected chi connectivity index (χ3v) is 7.02. The SMILES string of the molecule is OC(c1ccccc1)(c1ccccc1)C1CCN(CCCOc2ccc(-n3ccnn3)cc2)CC1. The smallest absolute Gasteiger partial charge is 0.119 e. The third kappa shape index (κ3) is 5.29. The number of hydrogen-bond acceptors (Lipinski definition) is 5. The quantitative estimate of drug-likeness (QED) is 0.361. The number of ether oxygens (including phenoxy) is 1. The molecule has 0 radical (unpaired) electrons. The lowest BCUT2D eigenvalue weighted by Gasteiger charge is -2.42. The predicted molar refractivity (Wildman–Crippen MR) is 137 cm³/mol. The summed E-state index contributed by atoms with van der Waals surface area (Å²) < 4.78 is 7.67. The molecule has 0 amide bonds. The van der Waals surface area contributed by atoms with E-state index < -0.39 is 5.60 Å². The molecule has 0 saturated carbocycles. The number of nitrogens with zero attached hydrogens (tertiary/aromatic N) is 4. The number of rotatable bonds is 9. The molecule has 0 aliphatic carbocycles. The second kappa shape index (κ2) is 10.8. The van der Waals surface area contributed by atoms with Crippen molar-refractivity contribution >= 4 is 0 Å². The van der Waals surface area contributed by atoms with Gasteiger partial charge in [-0.05, 0) is 73.7 Å². The summed E-state index contributed by atoms with van der Waals surface area (Å²) >= 11 is 0. The van der Waals surface area contributed by atoms with Crippen molar-refractivity contribution in [2.45, 2.75) is 24.9 Å². The zero-order valence-corrected chi connectivity index (χ0v) is 19.9. The molecule has 1 N–H and O–H groups in total. The Labute approximate surface area is 206 Å². The van der Waals surface area contributed by atoms with Crippen LogP contribution in [-0.4, -0.2) is 51.2 Å². The number of aliphatic hydroxyl groups is 1. The first-order valence-electron chi connectivity index (χ1n) is 12.4. The molecule has 1 aromatic heterocycles. The van der Waals surface area contributed by atoms with Gasteiger partial charge < -0.3 is 14.7 Å². The highest BCUT2D eigenvalue weighted by molar-refractivity contribution is 5.37. The zero-order valence-electron chi connectivity index (χ0n) is 19.9. The van der Waals surface area contributed by atoms with Crippen molar-refractivity contribution in [3.63, 3.8) is 0 Å². The van der Waals surface area contributed by atoms with Crippen molar-refractivity contribution in [2.75, 3.05) is 26.2 Å². The van der Waals surface area contributed by atoms with E-state index in [0.29, 0.717) is 6.61 Å². The average Bonchev–Trinajstić information content (AvgIpc) is 3.48. The van der Waals surface area contributed by atoms with Crippen LogP contribution in [-0.2, 0) is 5.60 Å². The van der Waals surface area contributed by atoms with Crippen LogP contribution in [0.2, 0.25) is 0 Å². The third-order valence-electron chi connectivity index (χ3n) is 7.02. The van der Waals surface area contributed by atoms with Crippen LogP contribution < -0.4 is 4.74 Å². The fourth-order valence-electron chi connectivity index (χ4n) is 5.12. The van der Waals surface area contributed by atoms with E-state index >= 15 is 0 Å². The Hall–Kier alpha value is -3.48. The summed E-state index contributed by atoms with van der Waals surface area (Å²) in [6.07, 6.45) is 6.38. The molecule has 0 atom stereocenters. The minimum Gasteiger partial charge on any atom is -0.494 e. The van der Waals surface area contributed by atoms with E-state index in [1.54, 1.807) is 10.9 Å². The van der Waals surface area contributed by atoms with Gasteiger partial charge in [0.05, 0.1) is 24.7 Å². The topological polar surface area (TPSA) is 63.4 Å². The summed E-state index contributed by atoms with van der Waals surface area (Å²) in [6.45, 7) is 3.65. The van der Waals surface area contributed by atoms with Gasteiger partial charge in [-0.1, -0.05) is 65.9 Å². The van der Waals surface area contributed by atoms with Gasteiger partial charge in [-0.25, -0.2) is 4.68 Å². The second-order valence-corrected chi connectivity index (χ2v) is 9.16. The van der Waals surface area contributed by atoms with Crippen molar-refractivity contribution in [3.8, 4) is 11.4 Å². The van der Waals surface area contributed by atoms with Gasteiger partial charge in [-0.3, -0.25) is 0 Å². The normalized spacial score (nSPS) is 15.2. The summed E-state index contributed by atoms with van der Waals surface area (Å²) in [7, 11) is 0. The maximum atomic E-state index is 12.0. The van der Waals surface area contributed by atoms with Crippen LogP contribution >= 0.6 is 0 Å². The molecule has 1 aliphatic heterocycles. The molecular weight excluding hydrogens is 436 g/mol. The Balaban J connectivity index is 1.12. The standard InChI is InChI=1S/C29H32N4O2/c34-29(24-8-3-1-4-9-24,25-10-5-2-6-11-25)26-16-20-32(21-17-26)19-7-23-35-28-14-12-27(13-15-28)33-22-18-30-31-33/h1-6,8-15,18,22,26,34H,7,16-17,19-21,23H2. The highest BCUT2D eigenvalue weighted by atomic mass is 16.5. The lowest BCUT2D eigenvalue weighted by Crippen LogP contribution is -2.44. The van der Waals surface area contributed by atoms with Crippen LogP contribution in [0.3, 0.4) is 0 Å². The first-order chi connectivity index (χ1) is 17.2. The monoisotopic (exact) mass is 468 g/mol. The molecule has 6 nitrogen and oxygen atoms in total. The fraction of sp³-hybridized carbons (Fsp3) is 0.310. The maximum absolute atomic E-state index is 12.0. The van der Waals surface area contributed by atoms with Gasteiger partial charge in [-0.15, -0.1) is 5.10 Å². The summed E-state index contributed by atoms with van der Waals surface area (Å²) in [5.41, 5.74) is 1.96. The minimum atomic E-state index is -0.962. The molecule has 35 heavy (non-hydrogen) atoms. The Morgan fingerprint density at radius 3 is 2.06 bits per heavy atom. The second-order valence-electron chi connectivity index (χ2n) is 9.16. The molecule has 2 heterocycles. The zero-order chi connectivity index (χ0) is 23.9. The van der Waals surface area contributed by atoms with Crippen LogP contribution in [0.25, 0.3) is 5.69 Å². The van der Waals surface area contributed by atoms with E-state index in [4.69, 9.17) is 4.74 Å². The maximum Gasteiger partial charge on any atom is 0.119 e. The van der Waals surface area contributed by atoms with Crippen LogP contribution in [0.1, 0.15) is 30.4 Å². The molecule has 180 valence electrons. The van der Waals surface area contributed by atoms with Crippen LogP contribution in [0.4, 0.5) is 0 Å². The van der Waals surface area contributed by atoms with E-state index in [9.17, 15) is 5.11 Å². The summed E-state index contributed by atoms with van der Waals surface area (Å²) in [5, 5.41) is 19.9. The van der Waals surface area contributed by atoms with Gasteiger partial charge in [0, 0.05) is 6.54 Å². The minimum absolute atomic E-state index is 0.184. The molecule has 0 spiro atoms. The largest absolute Gasteiger partial charge is 0.494 e. The number of hydrogen-bond donors (Lipinski definition) is 1. The molecule has 1 aliphatic rings. The van der Waals surface area contributed by atoms with Crippen molar-refractivity contribution < 1.29 is 9.84 Å². The van der Waals surface area contributed by atoms with Crippen LogP contribution in [0, 0.1) is 5.92 Å². The molecule has 0 unspecified atom stereocenters. The fourth-order valence-corrected chi connectivity index (χ4v) is 5.12. The van der Waals surface area contributed by atoms with Crippen molar-refractivity contribution in [1.29, 1.82) is 0 Å². The van der Waals surface area contributed by atoms with Gasteiger partial charge in [0.15, 0.2) is 0 Å². The first kappa shape index (κ1) is 23.3. The van der Waals surface area contributed by atoms with E-state index in [0.717, 1.165) is 61.5 Å². The van der Waals surface area contributed by atoms with Crippen LogP contribution in [0.5, 0.6) is 5.75 Å². The van der Waals surface area contributed by atoms with Gasteiger partial charge in [0.25, 0.3) is 0 Å². The first-order valence-corrected chi connectivity index (χ1v) is 12.4. The van der Waals surface area contributed by atoms with Crippen molar-refractivity contribution in [1.82, 2.24) is 19.9 Å². The molecule has 4 aromatic rings. The number of piperidine rings is 1. The van der Waals surface area contributed by atoms with Crippen LogP contribution in [0.15, 0.2) is 97.3 Å². The van der Waals surface area contributed by atoms with E-state index in [-0.39, 0.29) is 5.92 Å². The highest BCUT2D eigenvalue weighted by Crippen LogP contribution is 2.41. The van der Waals surface area contributed by atoms with Crippen molar-refractivity contribution in [2.24, 2.45) is 5.92 Å². The van der Waals surface area contributed by atoms with E-state index in [1.807, 2.05) is 66.9 Å². The van der Waals surface area contributed by atoms with Gasteiger partial charge >= 0.3 is 0 Å². The number of aromatic nitrogens is 3. The molecule has 3 aromatic carbocycles. The summed E-state index contributed by atoms with van der Waals surface area (Å²) in [5.74, 6) is 1.05. The lowest BCUT2D eigenvalue weighted by molar-refractivity contribution is -0.0146. The molecule has 1 saturated heterocycles. The van der Waals surface area contributed by atoms with Gasteiger partial charge in [0.2, 0.25) is 0 Å². The summed E-state index contributed by atoms with van der Waals surface area (Å²) in [6, 6.07) is 28.2. The lowest BCUT2D eigenvalue weighted by atomic mass is 9.72. The molecule has 1 fully saturated rings. The Morgan fingerprint density at radius 1 is 0.857 bits per heavy atom. The average molecular weight is 469 g/mol. The van der Waals surface area contributed by atoms with E-state index in [2.05, 4.69) is 39.5 Å². The molecule has 5 rings (SSSR count). The Kier molecular flexibility index (Phi) is 7.21. The number of benzene rings is 3. The van der Waals surface area contributed by atoms with E-state index in [1.165, 1.54) is 0 Å². The molecule has 0 bridgehead atoms. The Bertz CT molecular complexity index is 1120. The summed E-state index contributed by atoms with van der Waals surface area (Å²) in [4.78, 5) is 2.49. The highest BCUT2D eigenvalue weighted by Gasteiger charge is 2.41. The van der Waals surface area contributed by atoms with Gasteiger partial charge in [-0.2, -0.15) is 0 Å². The van der Waals surface area contributed by atoms with Gasteiger partial charge in [0.1, 0.15) is 11.4 Å². The number of likely N-dealkylation sites (tertiary alicyclic amines) is 1. The van der Waals surface area contributed by atoms with Crippen molar-refractivity contribution in [3.05, 3.63) is 108 Å². The molecular formula is C29H32N4O2. The molecule has 6 heteroatoms. The Morgan fingerprint density at radius 2 is 1.49 bits per heavy atom.